The number of nitrogens with zero attached hydrogens (tertiary/aromatic N) is 3. The zero-order chi connectivity index (χ0) is 16.0. The van der Waals surface area contributed by atoms with E-state index < -0.39 is 30.6 Å². The average Bonchev–Trinajstić information content (AvgIpc) is 2.74. The number of aromatic nitrogens is 3. The first-order chi connectivity index (χ1) is 9.67. The third-order valence-electron chi connectivity index (χ3n) is 2.30. The smallest absolute Gasteiger partial charge is 0.391 e. The van der Waals surface area contributed by atoms with Gasteiger partial charge in [0.05, 0.1) is 19.2 Å². The van der Waals surface area contributed by atoms with Crippen LogP contribution in [0.25, 0.3) is 0 Å². The molecule has 0 aliphatic heterocycles. The fraction of sp³-hybridized carbons (Fsp3) is 0.600. The molecule has 1 heterocycles. The van der Waals surface area contributed by atoms with Gasteiger partial charge >= 0.3 is 18.2 Å². The van der Waals surface area contributed by atoms with Gasteiger partial charge in [-0.05, 0) is 6.92 Å². The van der Waals surface area contributed by atoms with Crippen LogP contribution in [0, 0.1) is 0 Å². The lowest BCUT2D eigenvalue weighted by Gasteiger charge is -2.16. The van der Waals surface area contributed by atoms with Gasteiger partial charge in [-0.1, -0.05) is 5.21 Å². The first kappa shape index (κ1) is 16.7. The number of carboxylic acid groups (broad SMARTS) is 1. The second kappa shape index (κ2) is 6.90. The Morgan fingerprint density at radius 2 is 2.14 bits per heavy atom. The monoisotopic (exact) mass is 309 g/mol. The molecule has 1 unspecified atom stereocenters. The molecule has 21 heavy (non-hydrogen) atoms. The summed E-state index contributed by atoms with van der Waals surface area (Å²) in [5, 5.41) is 20.0. The number of hydrogen-bond acceptors (Lipinski definition) is 4. The number of aromatic carboxylic acids is 1. The predicted octanol–water partition coefficient (Wildman–Crippen LogP) is 0.616. The normalized spacial score (nSPS) is 12.8. The molecule has 0 radical (unpaired) electrons. The quantitative estimate of drug-likeness (QED) is 0.713. The van der Waals surface area contributed by atoms with Gasteiger partial charge in [0.2, 0.25) is 0 Å². The van der Waals surface area contributed by atoms with Crippen LogP contribution < -0.4 is 10.6 Å². The highest BCUT2D eigenvalue weighted by Crippen LogP contribution is 2.21. The Hall–Kier alpha value is -2.33. The third-order valence-corrected chi connectivity index (χ3v) is 2.30. The Morgan fingerprint density at radius 3 is 2.67 bits per heavy atom. The van der Waals surface area contributed by atoms with Crippen LogP contribution in [0.5, 0.6) is 0 Å². The minimum atomic E-state index is -4.35. The predicted molar refractivity (Wildman–Crippen MR) is 63.6 cm³/mol. The number of carboxylic acids is 1. The van der Waals surface area contributed by atoms with Gasteiger partial charge in [-0.3, -0.25) is 0 Å². The van der Waals surface area contributed by atoms with Crippen LogP contribution in [0.15, 0.2) is 6.20 Å². The van der Waals surface area contributed by atoms with Crippen LogP contribution >= 0.6 is 0 Å². The molecule has 0 aliphatic rings. The van der Waals surface area contributed by atoms with Crippen LogP contribution in [0.3, 0.4) is 0 Å². The summed E-state index contributed by atoms with van der Waals surface area (Å²) in [6.07, 6.45) is -4.29. The van der Waals surface area contributed by atoms with Crippen molar-refractivity contribution >= 4 is 12.0 Å². The van der Waals surface area contributed by atoms with Crippen molar-refractivity contribution in [3.05, 3.63) is 11.9 Å². The molecule has 0 spiro atoms. The number of alkyl halides is 3. The summed E-state index contributed by atoms with van der Waals surface area (Å²) in [6.45, 7) is 1.44. The summed E-state index contributed by atoms with van der Waals surface area (Å²) in [7, 11) is 0. The van der Waals surface area contributed by atoms with Gasteiger partial charge in [0.15, 0.2) is 5.69 Å². The molecule has 1 atom stereocenters. The molecule has 0 aromatic carbocycles. The van der Waals surface area contributed by atoms with E-state index in [4.69, 9.17) is 5.11 Å². The lowest BCUT2D eigenvalue weighted by atomic mass is 10.2. The maximum atomic E-state index is 12.1. The fourth-order valence-electron chi connectivity index (χ4n) is 1.46. The standard InChI is InChI=1S/C10H14F3N5O3/c1-6(4-10(11,12)13)15-9(21)14-2-3-18-5-7(8(19)20)16-17-18/h5-6H,2-4H2,1H3,(H,19,20)(H2,14,15,21). The summed E-state index contributed by atoms with van der Waals surface area (Å²) >= 11 is 0. The molecule has 3 N–H and O–H groups in total. The van der Waals surface area contributed by atoms with Crippen LogP contribution in [-0.2, 0) is 6.54 Å². The summed E-state index contributed by atoms with van der Waals surface area (Å²) in [4.78, 5) is 21.9. The number of hydrogen-bond donors (Lipinski definition) is 3. The molecule has 11 heteroatoms. The summed E-state index contributed by atoms with van der Waals surface area (Å²) in [6, 6.07) is -1.79. The molecule has 0 bridgehead atoms. The number of rotatable bonds is 6. The number of halogens is 3. The van der Waals surface area contributed by atoms with Crippen molar-refractivity contribution < 1.29 is 27.9 Å². The van der Waals surface area contributed by atoms with Gasteiger partial charge in [0, 0.05) is 12.6 Å². The van der Waals surface area contributed by atoms with Crippen LogP contribution in [-0.4, -0.2) is 50.9 Å². The van der Waals surface area contributed by atoms with Crippen molar-refractivity contribution in [1.29, 1.82) is 0 Å². The van der Waals surface area contributed by atoms with E-state index in [1.54, 1.807) is 0 Å². The number of amides is 2. The van der Waals surface area contributed by atoms with Crippen molar-refractivity contribution in [2.45, 2.75) is 32.1 Å². The second-order valence-corrected chi connectivity index (χ2v) is 4.29. The van der Waals surface area contributed by atoms with Gasteiger partial charge in [-0.2, -0.15) is 13.2 Å². The number of nitrogens with one attached hydrogen (secondary N) is 2. The number of carbonyl (C=O) groups excluding carboxylic acids is 1. The Kier molecular flexibility index (Phi) is 5.50. The Bertz CT molecular complexity index is 502. The summed E-state index contributed by atoms with van der Waals surface area (Å²) < 4.78 is 37.4. The molecule has 118 valence electrons. The third kappa shape index (κ3) is 6.58. The molecule has 0 fully saturated rings. The van der Waals surface area contributed by atoms with Crippen LogP contribution in [0.2, 0.25) is 0 Å². The van der Waals surface area contributed by atoms with Gasteiger partial charge < -0.3 is 15.7 Å². The van der Waals surface area contributed by atoms with E-state index in [-0.39, 0.29) is 18.8 Å². The molecule has 1 aromatic rings. The van der Waals surface area contributed by atoms with Gasteiger partial charge in [0.1, 0.15) is 0 Å². The maximum absolute atomic E-state index is 12.1. The van der Waals surface area contributed by atoms with Crippen molar-refractivity contribution in [2.75, 3.05) is 6.54 Å². The minimum Gasteiger partial charge on any atom is -0.476 e. The highest BCUT2D eigenvalue weighted by Gasteiger charge is 2.30. The Labute approximate surface area is 117 Å². The van der Waals surface area contributed by atoms with E-state index >= 15 is 0 Å². The summed E-state index contributed by atoms with van der Waals surface area (Å²) in [5.41, 5.74) is -0.238. The lowest BCUT2D eigenvalue weighted by molar-refractivity contribution is -0.138. The fourth-order valence-corrected chi connectivity index (χ4v) is 1.46. The minimum absolute atomic E-state index is 0.0625. The maximum Gasteiger partial charge on any atom is 0.391 e. The van der Waals surface area contributed by atoms with Crippen LogP contribution in [0.1, 0.15) is 23.8 Å². The highest BCUT2D eigenvalue weighted by molar-refractivity contribution is 5.84. The second-order valence-electron chi connectivity index (χ2n) is 4.29. The lowest BCUT2D eigenvalue weighted by Crippen LogP contribution is -2.43. The molecule has 0 saturated heterocycles. The molecule has 1 rings (SSSR count). The van der Waals surface area contributed by atoms with E-state index in [0.29, 0.717) is 0 Å². The first-order valence-corrected chi connectivity index (χ1v) is 5.92. The van der Waals surface area contributed by atoms with Gasteiger partial charge in [-0.15, -0.1) is 5.10 Å². The van der Waals surface area contributed by atoms with E-state index in [1.165, 1.54) is 17.8 Å². The van der Waals surface area contributed by atoms with E-state index in [2.05, 4.69) is 20.9 Å². The Morgan fingerprint density at radius 1 is 1.48 bits per heavy atom. The summed E-state index contributed by atoms with van der Waals surface area (Å²) in [5.74, 6) is -1.23. The zero-order valence-corrected chi connectivity index (χ0v) is 11.0. The zero-order valence-electron chi connectivity index (χ0n) is 11.0. The topological polar surface area (TPSA) is 109 Å². The average molecular weight is 309 g/mol. The molecular weight excluding hydrogens is 295 g/mol. The van der Waals surface area contributed by atoms with E-state index in [9.17, 15) is 22.8 Å². The van der Waals surface area contributed by atoms with Crippen molar-refractivity contribution in [3.8, 4) is 0 Å². The van der Waals surface area contributed by atoms with Crippen molar-refractivity contribution in [3.63, 3.8) is 0 Å². The molecule has 0 aliphatic carbocycles. The largest absolute Gasteiger partial charge is 0.476 e. The molecule has 1 aromatic heterocycles. The van der Waals surface area contributed by atoms with Crippen molar-refractivity contribution in [2.24, 2.45) is 0 Å². The molecule has 8 nitrogen and oxygen atoms in total. The van der Waals surface area contributed by atoms with E-state index in [0.717, 1.165) is 0 Å². The Balaban J connectivity index is 2.28. The number of urea groups is 1. The molecular formula is C10H14F3N5O3. The van der Waals surface area contributed by atoms with Gasteiger partial charge in [0.25, 0.3) is 0 Å². The van der Waals surface area contributed by atoms with Crippen molar-refractivity contribution in [1.82, 2.24) is 25.6 Å². The first-order valence-electron chi connectivity index (χ1n) is 5.92. The molecule has 2 amide bonds. The van der Waals surface area contributed by atoms with Gasteiger partial charge in [-0.25, -0.2) is 14.3 Å². The SMILES string of the molecule is CC(CC(F)(F)F)NC(=O)NCCn1cc(C(=O)O)nn1. The van der Waals surface area contributed by atoms with Crippen LogP contribution in [0.4, 0.5) is 18.0 Å². The number of carbonyl (C=O) groups is 2. The van der Waals surface area contributed by atoms with E-state index in [1.807, 2.05) is 0 Å². The molecule has 0 saturated carbocycles. The highest BCUT2D eigenvalue weighted by atomic mass is 19.4.